The van der Waals surface area contributed by atoms with Gasteiger partial charge in [0.05, 0.1) is 12.7 Å². The lowest BCUT2D eigenvalue weighted by Crippen LogP contribution is -2.27. The van der Waals surface area contributed by atoms with Crippen LogP contribution in [-0.4, -0.2) is 32.9 Å². The maximum Gasteiger partial charge on any atom is 0.0949 e. The Hall–Kier alpha value is -0.610. The summed E-state index contributed by atoms with van der Waals surface area (Å²) in [5.41, 5.74) is 1.15. The van der Waals surface area contributed by atoms with Gasteiger partial charge < -0.3 is 14.8 Å². The van der Waals surface area contributed by atoms with Gasteiger partial charge in [0.2, 0.25) is 0 Å². The number of hydrogen-bond donors (Lipinski definition) is 1. The quantitative estimate of drug-likeness (QED) is 0.740. The average molecular weight is 312 g/mol. The number of nitrogens with one attached hydrogen (secondary N) is 1. The van der Waals surface area contributed by atoms with E-state index < -0.39 is 0 Å². The van der Waals surface area contributed by atoms with Gasteiger partial charge in [-0.2, -0.15) is 0 Å². The molecule has 21 heavy (non-hydrogen) atoms. The molecule has 0 radical (unpaired) electrons. The first-order valence-corrected chi connectivity index (χ1v) is 8.33. The van der Waals surface area contributed by atoms with Gasteiger partial charge in [-0.3, -0.25) is 0 Å². The first-order chi connectivity index (χ1) is 10.3. The zero-order chi connectivity index (χ0) is 14.9. The highest BCUT2D eigenvalue weighted by molar-refractivity contribution is 6.30. The highest BCUT2D eigenvalue weighted by atomic mass is 35.5. The van der Waals surface area contributed by atoms with E-state index in [-0.39, 0.29) is 6.10 Å². The van der Waals surface area contributed by atoms with E-state index in [1.807, 2.05) is 18.2 Å². The van der Waals surface area contributed by atoms with Crippen molar-refractivity contribution in [3.8, 4) is 0 Å². The molecule has 1 N–H and O–H groups in total. The summed E-state index contributed by atoms with van der Waals surface area (Å²) in [5, 5.41) is 4.21. The molecule has 1 aliphatic rings. The first-order valence-electron chi connectivity index (χ1n) is 7.95. The van der Waals surface area contributed by atoms with Crippen LogP contribution >= 0.6 is 11.6 Å². The van der Waals surface area contributed by atoms with Gasteiger partial charge in [-0.25, -0.2) is 0 Å². The number of ether oxygens (including phenoxy) is 2. The molecule has 1 fully saturated rings. The number of halogens is 1. The molecule has 1 unspecified atom stereocenters. The molecule has 0 saturated carbocycles. The molecule has 1 saturated heterocycles. The van der Waals surface area contributed by atoms with Crippen molar-refractivity contribution in [2.24, 2.45) is 5.92 Å². The van der Waals surface area contributed by atoms with Crippen LogP contribution in [0.1, 0.15) is 37.9 Å². The lowest BCUT2D eigenvalue weighted by Gasteiger charge is -2.25. The summed E-state index contributed by atoms with van der Waals surface area (Å²) in [6.07, 6.45) is 3.40. The van der Waals surface area contributed by atoms with Crippen LogP contribution in [0.25, 0.3) is 0 Å². The lowest BCUT2D eigenvalue weighted by atomic mass is 10.0. The molecular formula is C17H26ClNO2. The van der Waals surface area contributed by atoms with Crippen LogP contribution in [0.4, 0.5) is 0 Å². The Bertz CT molecular complexity index is 408. The third kappa shape index (κ3) is 5.95. The first kappa shape index (κ1) is 16.8. The normalized spacial score (nSPS) is 17.8. The fourth-order valence-electron chi connectivity index (χ4n) is 2.56. The third-order valence-electron chi connectivity index (χ3n) is 3.85. The van der Waals surface area contributed by atoms with Crippen molar-refractivity contribution in [2.45, 2.75) is 32.3 Å². The molecule has 3 nitrogen and oxygen atoms in total. The average Bonchev–Trinajstić information content (AvgIpc) is 2.52. The Kier molecular flexibility index (Phi) is 7.51. The predicted molar refractivity (Wildman–Crippen MR) is 86.8 cm³/mol. The Morgan fingerprint density at radius 1 is 1.38 bits per heavy atom. The molecule has 1 aromatic carbocycles. The van der Waals surface area contributed by atoms with Crippen LogP contribution in [0.5, 0.6) is 0 Å². The van der Waals surface area contributed by atoms with Crippen LogP contribution < -0.4 is 5.32 Å². The molecule has 0 spiro atoms. The minimum Gasteiger partial charge on any atom is -0.381 e. The molecule has 1 heterocycles. The summed E-state index contributed by atoms with van der Waals surface area (Å²) in [6.45, 7) is 6.54. The van der Waals surface area contributed by atoms with Gasteiger partial charge in [-0.15, -0.1) is 0 Å². The topological polar surface area (TPSA) is 30.5 Å². The Balaban J connectivity index is 1.91. The summed E-state index contributed by atoms with van der Waals surface area (Å²) in [6, 6.07) is 7.99. The zero-order valence-electron chi connectivity index (χ0n) is 12.8. The second kappa shape index (κ2) is 9.42. The highest BCUT2D eigenvalue weighted by Gasteiger charge is 2.18. The third-order valence-corrected chi connectivity index (χ3v) is 4.09. The van der Waals surface area contributed by atoms with Gasteiger partial charge >= 0.3 is 0 Å². The molecule has 1 aliphatic heterocycles. The summed E-state index contributed by atoms with van der Waals surface area (Å²) < 4.78 is 11.6. The van der Waals surface area contributed by atoms with Crippen molar-refractivity contribution < 1.29 is 9.47 Å². The maximum atomic E-state index is 6.19. The van der Waals surface area contributed by atoms with Gasteiger partial charge in [0.1, 0.15) is 0 Å². The van der Waals surface area contributed by atoms with Crippen molar-refractivity contribution in [2.75, 3.05) is 32.9 Å². The van der Waals surface area contributed by atoms with Crippen LogP contribution in [-0.2, 0) is 9.47 Å². The fourth-order valence-corrected chi connectivity index (χ4v) is 2.75. The molecule has 4 heteroatoms. The van der Waals surface area contributed by atoms with Crippen molar-refractivity contribution >= 4 is 11.6 Å². The second-order valence-corrected chi connectivity index (χ2v) is 6.07. The van der Waals surface area contributed by atoms with E-state index in [1.165, 1.54) is 0 Å². The molecule has 2 rings (SSSR count). The van der Waals surface area contributed by atoms with Gasteiger partial charge in [-0.05, 0) is 49.4 Å². The van der Waals surface area contributed by atoms with Crippen molar-refractivity contribution in [3.05, 3.63) is 34.9 Å². The smallest absolute Gasteiger partial charge is 0.0949 e. The largest absolute Gasteiger partial charge is 0.381 e. The van der Waals surface area contributed by atoms with E-state index in [1.54, 1.807) is 0 Å². The summed E-state index contributed by atoms with van der Waals surface area (Å²) in [5.74, 6) is 0.617. The predicted octanol–water partition coefficient (Wildman–Crippen LogP) is 3.82. The van der Waals surface area contributed by atoms with Crippen molar-refractivity contribution in [1.82, 2.24) is 5.32 Å². The molecule has 118 valence electrons. The van der Waals surface area contributed by atoms with E-state index >= 15 is 0 Å². The van der Waals surface area contributed by atoms with E-state index in [0.29, 0.717) is 5.92 Å². The molecule has 1 aromatic rings. The summed E-state index contributed by atoms with van der Waals surface area (Å²) >= 11 is 6.11. The monoisotopic (exact) mass is 311 g/mol. The summed E-state index contributed by atoms with van der Waals surface area (Å²) in [7, 11) is 0. The van der Waals surface area contributed by atoms with Gasteiger partial charge in [0.15, 0.2) is 0 Å². The maximum absolute atomic E-state index is 6.19. The summed E-state index contributed by atoms with van der Waals surface area (Å²) in [4.78, 5) is 0. The highest BCUT2D eigenvalue weighted by Crippen LogP contribution is 2.23. The van der Waals surface area contributed by atoms with Crippen molar-refractivity contribution in [1.29, 1.82) is 0 Å². The molecular weight excluding hydrogens is 286 g/mol. The number of hydrogen-bond acceptors (Lipinski definition) is 3. The lowest BCUT2D eigenvalue weighted by molar-refractivity contribution is -0.0113. The van der Waals surface area contributed by atoms with Gasteiger partial charge in [0.25, 0.3) is 0 Å². The molecule has 1 atom stereocenters. The van der Waals surface area contributed by atoms with Crippen LogP contribution in [0.15, 0.2) is 24.3 Å². The Labute approximate surface area is 133 Å². The molecule has 0 aliphatic carbocycles. The minimum atomic E-state index is 0.0677. The van der Waals surface area contributed by atoms with E-state index in [4.69, 9.17) is 21.1 Å². The van der Waals surface area contributed by atoms with Crippen LogP contribution in [0, 0.1) is 5.92 Å². The van der Waals surface area contributed by atoms with Gasteiger partial charge in [0, 0.05) is 24.8 Å². The fraction of sp³-hybridized carbons (Fsp3) is 0.647. The van der Waals surface area contributed by atoms with E-state index in [9.17, 15) is 0 Å². The standard InChI is InChI=1S/C17H26ClNO2/c1-2-8-19-12-17(15-4-3-5-16(18)11-15)21-13-14-6-9-20-10-7-14/h3-5,11,14,17,19H,2,6-10,12-13H2,1H3. The molecule has 0 bridgehead atoms. The van der Waals surface area contributed by atoms with Gasteiger partial charge in [-0.1, -0.05) is 30.7 Å². The van der Waals surface area contributed by atoms with Crippen LogP contribution in [0.3, 0.4) is 0 Å². The zero-order valence-corrected chi connectivity index (χ0v) is 13.6. The SMILES string of the molecule is CCCNCC(OCC1CCOCC1)c1cccc(Cl)c1. The van der Waals surface area contributed by atoms with Crippen LogP contribution in [0.2, 0.25) is 5.02 Å². The molecule has 0 aromatic heterocycles. The number of rotatable bonds is 8. The second-order valence-electron chi connectivity index (χ2n) is 5.64. The minimum absolute atomic E-state index is 0.0677. The number of benzene rings is 1. The molecule has 0 amide bonds. The Morgan fingerprint density at radius 2 is 2.19 bits per heavy atom. The Morgan fingerprint density at radius 3 is 2.90 bits per heavy atom. The van der Waals surface area contributed by atoms with E-state index in [2.05, 4.69) is 18.3 Å². The van der Waals surface area contributed by atoms with Crippen molar-refractivity contribution in [3.63, 3.8) is 0 Å². The van der Waals surface area contributed by atoms with E-state index in [0.717, 1.165) is 62.8 Å².